The number of fused-ring (bicyclic) bond motifs is 1. The number of nitrogens with one attached hydrogen (secondary N) is 1. The second-order valence-electron chi connectivity index (χ2n) is 7.21. The highest BCUT2D eigenvalue weighted by atomic mass is 16.5. The van der Waals surface area contributed by atoms with Crippen LogP contribution in [-0.4, -0.2) is 42.6 Å². The van der Waals surface area contributed by atoms with Crippen molar-refractivity contribution in [2.24, 2.45) is 0 Å². The van der Waals surface area contributed by atoms with E-state index in [1.807, 2.05) is 38.1 Å². The quantitative estimate of drug-likeness (QED) is 0.591. The molecule has 31 heavy (non-hydrogen) atoms. The van der Waals surface area contributed by atoms with E-state index in [4.69, 9.17) is 9.47 Å². The molecule has 7 heteroatoms. The Kier molecular flexibility index (Phi) is 6.74. The van der Waals surface area contributed by atoms with Crippen molar-refractivity contribution in [2.75, 3.05) is 20.3 Å². The molecule has 0 atom stereocenters. The van der Waals surface area contributed by atoms with Crippen LogP contribution in [-0.2, 0) is 20.7 Å². The molecule has 0 aliphatic heterocycles. The van der Waals surface area contributed by atoms with Crippen molar-refractivity contribution in [1.29, 1.82) is 0 Å². The van der Waals surface area contributed by atoms with Gasteiger partial charge in [-0.1, -0.05) is 17.7 Å². The van der Waals surface area contributed by atoms with Crippen molar-refractivity contribution in [3.8, 4) is 5.75 Å². The first kappa shape index (κ1) is 22.1. The van der Waals surface area contributed by atoms with E-state index < -0.39 is 5.97 Å². The monoisotopic (exact) mass is 422 g/mol. The molecule has 0 aliphatic carbocycles. The van der Waals surface area contributed by atoms with Gasteiger partial charge in [0.25, 0.3) is 5.91 Å². The largest absolute Gasteiger partial charge is 0.497 e. The van der Waals surface area contributed by atoms with Gasteiger partial charge >= 0.3 is 5.97 Å². The fourth-order valence-corrected chi connectivity index (χ4v) is 3.51. The minimum absolute atomic E-state index is 0.0169. The Hall–Kier alpha value is -3.61. The Morgan fingerprint density at radius 3 is 2.39 bits per heavy atom. The number of nitrogens with zero attached hydrogens (tertiary/aromatic N) is 1. The minimum atomic E-state index is -0.494. The lowest BCUT2D eigenvalue weighted by molar-refractivity contribution is -0.143. The summed E-state index contributed by atoms with van der Waals surface area (Å²) in [5.74, 6) is -0.376. The lowest BCUT2D eigenvalue weighted by atomic mass is 10.1. The van der Waals surface area contributed by atoms with Gasteiger partial charge in [0.1, 0.15) is 12.3 Å². The Bertz CT molecular complexity index is 1130. The summed E-state index contributed by atoms with van der Waals surface area (Å²) in [4.78, 5) is 37.4. The number of hydrogen-bond acceptors (Lipinski definition) is 5. The maximum absolute atomic E-state index is 13.3. The summed E-state index contributed by atoms with van der Waals surface area (Å²) in [6.07, 6.45) is 0.0169. The summed E-state index contributed by atoms with van der Waals surface area (Å²) in [7, 11) is 1.56. The number of aryl methyl sites for hydroxylation is 1. The van der Waals surface area contributed by atoms with Gasteiger partial charge in [-0.05, 0) is 56.7 Å². The van der Waals surface area contributed by atoms with E-state index in [0.29, 0.717) is 28.1 Å². The zero-order valence-corrected chi connectivity index (χ0v) is 18.2. The summed E-state index contributed by atoms with van der Waals surface area (Å²) >= 11 is 0. The van der Waals surface area contributed by atoms with Crippen LogP contribution in [0.3, 0.4) is 0 Å². The predicted octanol–water partition coefficient (Wildman–Crippen LogP) is 3.18. The molecule has 3 rings (SSSR count). The van der Waals surface area contributed by atoms with Gasteiger partial charge in [-0.3, -0.25) is 19.0 Å². The molecule has 0 aliphatic rings. The van der Waals surface area contributed by atoms with Gasteiger partial charge in [0.15, 0.2) is 0 Å². The van der Waals surface area contributed by atoms with Gasteiger partial charge in [-0.2, -0.15) is 0 Å². The van der Waals surface area contributed by atoms with Crippen molar-refractivity contribution >= 4 is 28.7 Å². The Balaban J connectivity index is 1.99. The molecule has 0 unspecified atom stereocenters. The van der Waals surface area contributed by atoms with E-state index in [-0.39, 0.29) is 31.4 Å². The summed E-state index contributed by atoms with van der Waals surface area (Å²) in [6.45, 7) is 5.53. The highest BCUT2D eigenvalue weighted by molar-refractivity contribution is 6.05. The number of ether oxygens (including phenoxy) is 2. The second kappa shape index (κ2) is 9.47. The predicted molar refractivity (Wildman–Crippen MR) is 117 cm³/mol. The third-order valence-corrected chi connectivity index (χ3v) is 5.12. The zero-order valence-electron chi connectivity index (χ0n) is 18.2. The topological polar surface area (TPSA) is 86.6 Å². The number of carbonyl (C=O) groups is 3. The van der Waals surface area contributed by atoms with Gasteiger partial charge < -0.3 is 14.8 Å². The molecule has 3 aromatic rings. The molecule has 0 saturated carbocycles. The van der Waals surface area contributed by atoms with Crippen LogP contribution in [0.4, 0.5) is 0 Å². The highest BCUT2D eigenvalue weighted by Crippen LogP contribution is 2.30. The normalized spacial score (nSPS) is 10.7. The van der Waals surface area contributed by atoms with Crippen LogP contribution in [0.25, 0.3) is 10.9 Å². The number of methoxy groups -OCH3 is 1. The fraction of sp³-hybridized carbons (Fsp3) is 0.292. The molecular weight excluding hydrogens is 396 g/mol. The number of hydrogen-bond donors (Lipinski definition) is 1. The van der Waals surface area contributed by atoms with Crippen LogP contribution in [0.1, 0.15) is 34.1 Å². The van der Waals surface area contributed by atoms with Crippen LogP contribution in [0.5, 0.6) is 5.75 Å². The number of rotatable bonds is 7. The molecule has 0 spiro atoms. The van der Waals surface area contributed by atoms with E-state index in [1.165, 1.54) is 0 Å². The second-order valence-corrected chi connectivity index (χ2v) is 7.21. The summed E-state index contributed by atoms with van der Waals surface area (Å²) in [6, 6.07) is 12.8. The molecule has 0 bridgehead atoms. The minimum Gasteiger partial charge on any atom is -0.497 e. The average molecular weight is 422 g/mol. The molecule has 1 N–H and O–H groups in total. The molecule has 162 valence electrons. The summed E-state index contributed by atoms with van der Waals surface area (Å²) in [5, 5.41) is 3.33. The molecule has 7 nitrogen and oxygen atoms in total. The SMILES string of the molecule is CCOC(=O)CNC(=O)Cc1c(C)n(C(=O)c2ccc(C)cc2)c2ccc(OC)cc12. The van der Waals surface area contributed by atoms with Crippen molar-refractivity contribution < 1.29 is 23.9 Å². The molecule has 1 heterocycles. The summed E-state index contributed by atoms with van der Waals surface area (Å²) < 4.78 is 11.8. The van der Waals surface area contributed by atoms with Crippen molar-refractivity contribution in [3.05, 3.63) is 64.8 Å². The van der Waals surface area contributed by atoms with E-state index in [9.17, 15) is 14.4 Å². The van der Waals surface area contributed by atoms with Crippen molar-refractivity contribution in [2.45, 2.75) is 27.2 Å². The average Bonchev–Trinajstić information content (AvgIpc) is 3.03. The van der Waals surface area contributed by atoms with Gasteiger partial charge in [0, 0.05) is 16.6 Å². The first-order valence-electron chi connectivity index (χ1n) is 10.1. The van der Waals surface area contributed by atoms with Crippen LogP contribution in [0.2, 0.25) is 0 Å². The van der Waals surface area contributed by atoms with E-state index in [1.54, 1.807) is 36.8 Å². The first-order valence-corrected chi connectivity index (χ1v) is 10.1. The van der Waals surface area contributed by atoms with E-state index in [2.05, 4.69) is 5.32 Å². The van der Waals surface area contributed by atoms with Crippen LogP contribution in [0, 0.1) is 13.8 Å². The molecule has 2 aromatic carbocycles. The molecule has 1 amide bonds. The van der Waals surface area contributed by atoms with Crippen LogP contribution < -0.4 is 10.1 Å². The molecule has 0 fully saturated rings. The Morgan fingerprint density at radius 1 is 1.03 bits per heavy atom. The fourth-order valence-electron chi connectivity index (χ4n) is 3.51. The number of carbonyl (C=O) groups excluding carboxylic acids is 3. The molecule has 0 saturated heterocycles. The van der Waals surface area contributed by atoms with E-state index in [0.717, 1.165) is 10.9 Å². The number of benzene rings is 2. The Labute approximate surface area is 181 Å². The maximum atomic E-state index is 13.3. The third kappa shape index (κ3) is 4.77. The van der Waals surface area contributed by atoms with Gasteiger partial charge in [-0.25, -0.2) is 0 Å². The highest BCUT2D eigenvalue weighted by Gasteiger charge is 2.22. The lowest BCUT2D eigenvalue weighted by Crippen LogP contribution is -2.31. The standard InChI is InChI=1S/C24H26N2O5/c1-5-31-23(28)14-25-22(27)13-19-16(3)26(21-11-10-18(30-4)12-20(19)21)24(29)17-8-6-15(2)7-9-17/h6-12H,5,13-14H2,1-4H3,(H,25,27). The molecule has 0 radical (unpaired) electrons. The van der Waals surface area contributed by atoms with Crippen LogP contribution in [0.15, 0.2) is 42.5 Å². The molecular formula is C24H26N2O5. The van der Waals surface area contributed by atoms with Crippen LogP contribution >= 0.6 is 0 Å². The van der Waals surface area contributed by atoms with Crippen molar-refractivity contribution in [3.63, 3.8) is 0 Å². The van der Waals surface area contributed by atoms with Gasteiger partial charge in [0.2, 0.25) is 5.91 Å². The number of aromatic nitrogens is 1. The molecule has 1 aromatic heterocycles. The number of esters is 1. The third-order valence-electron chi connectivity index (χ3n) is 5.12. The Morgan fingerprint density at radius 2 is 1.74 bits per heavy atom. The maximum Gasteiger partial charge on any atom is 0.325 e. The zero-order chi connectivity index (χ0) is 22.5. The van der Waals surface area contributed by atoms with E-state index >= 15 is 0 Å². The smallest absolute Gasteiger partial charge is 0.325 e. The van der Waals surface area contributed by atoms with Crippen molar-refractivity contribution in [1.82, 2.24) is 9.88 Å². The van der Waals surface area contributed by atoms with Gasteiger partial charge in [0.05, 0.1) is 25.7 Å². The summed E-state index contributed by atoms with van der Waals surface area (Å²) in [5.41, 5.74) is 3.68. The van der Waals surface area contributed by atoms with Gasteiger partial charge in [-0.15, -0.1) is 0 Å². The lowest BCUT2D eigenvalue weighted by Gasteiger charge is -2.08. The first-order chi connectivity index (χ1) is 14.8. The number of amides is 1.